The van der Waals surface area contributed by atoms with Gasteiger partial charge in [0.2, 0.25) is 5.70 Å². The first-order valence-corrected chi connectivity index (χ1v) is 9.16. The van der Waals surface area contributed by atoms with Crippen molar-refractivity contribution in [3.63, 3.8) is 0 Å². The Morgan fingerprint density at radius 3 is 2.57 bits per heavy atom. The van der Waals surface area contributed by atoms with Crippen LogP contribution in [0.4, 0.5) is 0 Å². The third-order valence-corrected chi connectivity index (χ3v) is 5.00. The van der Waals surface area contributed by atoms with Crippen molar-refractivity contribution >= 4 is 23.7 Å². The second kappa shape index (κ2) is 6.42. The molecule has 6 heteroatoms. The van der Waals surface area contributed by atoms with E-state index in [0.717, 1.165) is 28.4 Å². The van der Waals surface area contributed by atoms with Crippen LogP contribution in [-0.4, -0.2) is 16.6 Å². The summed E-state index contributed by atoms with van der Waals surface area (Å²) in [5.41, 5.74) is 3.68. The molecule has 5 nitrogen and oxygen atoms in total. The van der Waals surface area contributed by atoms with E-state index < -0.39 is 0 Å². The van der Waals surface area contributed by atoms with Gasteiger partial charge in [-0.15, -0.1) is 4.59 Å². The molecular weight excluding hydrogens is 372 g/mol. The average Bonchev–Trinajstić information content (AvgIpc) is 2.94. The molecule has 2 aliphatic heterocycles. The van der Waals surface area contributed by atoms with Gasteiger partial charge in [-0.25, -0.2) is 0 Å². The predicted octanol–water partition coefficient (Wildman–Crippen LogP) is 4.85. The highest BCUT2D eigenvalue weighted by Crippen LogP contribution is 2.36. The predicted molar refractivity (Wildman–Crippen MR) is 111 cm³/mol. The van der Waals surface area contributed by atoms with Crippen LogP contribution in [0.2, 0.25) is 5.02 Å². The number of fused-ring (bicyclic) bond motifs is 1. The Hall–Kier alpha value is -3.25. The molecule has 0 saturated heterocycles. The molecule has 2 aromatic carbocycles. The maximum absolute atomic E-state index is 6.70. The summed E-state index contributed by atoms with van der Waals surface area (Å²) in [6.07, 6.45) is 11.3. The van der Waals surface area contributed by atoms with Crippen molar-refractivity contribution in [1.82, 2.24) is 0 Å². The van der Waals surface area contributed by atoms with Gasteiger partial charge >= 0.3 is 0 Å². The van der Waals surface area contributed by atoms with E-state index in [-0.39, 0.29) is 4.59 Å². The molecule has 0 spiro atoms. The van der Waals surface area contributed by atoms with Crippen molar-refractivity contribution in [2.45, 2.75) is 0 Å². The molecule has 0 aromatic heterocycles. The standard InChI is InChI=1S/C22H16ClN4O/c23-17-5-2-6-19(13-17)28-18-9-7-16(8-10-18)22-26-21(15-3-1-4-15)20-14-25-11-12-27(20,22)24/h1-14H,24H2/q+1. The van der Waals surface area contributed by atoms with E-state index in [4.69, 9.17) is 27.2 Å². The number of hydrogen-bond donors (Lipinski definition) is 1. The lowest BCUT2D eigenvalue weighted by atomic mass is 10.0. The zero-order chi connectivity index (χ0) is 19.1. The Morgan fingerprint density at radius 1 is 1.04 bits per heavy atom. The Balaban J connectivity index is 1.46. The number of benzene rings is 2. The minimum atomic E-state index is -0.00148. The van der Waals surface area contributed by atoms with Gasteiger partial charge in [0, 0.05) is 10.6 Å². The summed E-state index contributed by atoms with van der Waals surface area (Å²) in [5.74, 6) is 8.83. The summed E-state index contributed by atoms with van der Waals surface area (Å²) in [6, 6.07) is 15.0. The average molecular weight is 388 g/mol. The highest BCUT2D eigenvalue weighted by molar-refractivity contribution is 6.30. The molecule has 136 valence electrons. The number of rotatable bonds is 4. The van der Waals surface area contributed by atoms with Gasteiger partial charge in [-0.3, -0.25) is 4.99 Å². The minimum absolute atomic E-state index is 0.00148. The molecule has 5 rings (SSSR count). The van der Waals surface area contributed by atoms with E-state index in [0.29, 0.717) is 16.5 Å². The summed E-state index contributed by atoms with van der Waals surface area (Å²) < 4.78 is 5.87. The van der Waals surface area contributed by atoms with Crippen LogP contribution in [0.3, 0.4) is 0 Å². The second-order valence-corrected chi connectivity index (χ2v) is 7.02. The quantitative estimate of drug-likeness (QED) is 0.602. The zero-order valence-electron chi connectivity index (χ0n) is 14.8. The number of allylic oxidation sites excluding steroid dienone is 4. The van der Waals surface area contributed by atoms with Crippen molar-refractivity contribution in [2.24, 2.45) is 15.8 Å². The van der Waals surface area contributed by atoms with Gasteiger partial charge in [0.25, 0.3) is 5.84 Å². The number of nitrogens with two attached hydrogens (primary N) is 1. The van der Waals surface area contributed by atoms with Crippen LogP contribution in [0.15, 0.2) is 106 Å². The molecule has 2 heterocycles. The normalized spacial score (nSPS) is 21.9. The number of aliphatic imine (C=N–C) groups is 2. The summed E-state index contributed by atoms with van der Waals surface area (Å²) in [4.78, 5) is 9.08. The lowest BCUT2D eigenvalue weighted by Gasteiger charge is -2.26. The maximum atomic E-state index is 6.70. The van der Waals surface area contributed by atoms with Crippen molar-refractivity contribution in [3.8, 4) is 11.5 Å². The molecule has 28 heavy (non-hydrogen) atoms. The number of nitrogens with zero attached hydrogens (tertiary/aromatic N) is 3. The Kier molecular flexibility index (Phi) is 3.87. The third-order valence-electron chi connectivity index (χ3n) is 4.76. The topological polar surface area (TPSA) is 60.0 Å². The molecule has 0 saturated carbocycles. The third kappa shape index (κ3) is 2.73. The van der Waals surface area contributed by atoms with Crippen LogP contribution in [0, 0.1) is 0 Å². The number of amidine groups is 1. The molecule has 0 amide bonds. The van der Waals surface area contributed by atoms with E-state index in [9.17, 15) is 0 Å². The summed E-state index contributed by atoms with van der Waals surface area (Å²) in [6.45, 7) is 0. The Bertz CT molecular complexity index is 1160. The molecule has 2 N–H and O–H groups in total. The van der Waals surface area contributed by atoms with Crippen molar-refractivity contribution in [3.05, 3.63) is 107 Å². The van der Waals surface area contributed by atoms with Crippen LogP contribution >= 0.6 is 11.6 Å². The largest absolute Gasteiger partial charge is 0.457 e. The number of hydrogen-bond acceptors (Lipinski definition) is 4. The summed E-state index contributed by atoms with van der Waals surface area (Å²) >= 11 is 6.02. The monoisotopic (exact) mass is 387 g/mol. The number of quaternary nitrogens is 1. The molecule has 1 unspecified atom stereocenters. The van der Waals surface area contributed by atoms with E-state index in [1.807, 2.05) is 66.9 Å². The van der Waals surface area contributed by atoms with Crippen LogP contribution in [0.5, 0.6) is 11.5 Å². The fourth-order valence-electron chi connectivity index (χ4n) is 3.28. The fourth-order valence-corrected chi connectivity index (χ4v) is 3.46. The molecule has 1 aliphatic carbocycles. The first kappa shape index (κ1) is 16.9. The van der Waals surface area contributed by atoms with Gasteiger partial charge in [0.15, 0.2) is 0 Å². The second-order valence-electron chi connectivity index (χ2n) is 6.59. The Morgan fingerprint density at radius 2 is 1.86 bits per heavy atom. The van der Waals surface area contributed by atoms with E-state index in [1.165, 1.54) is 0 Å². The van der Waals surface area contributed by atoms with Gasteiger partial charge in [-0.05, 0) is 42.5 Å². The van der Waals surface area contributed by atoms with Gasteiger partial charge in [-0.1, -0.05) is 35.9 Å². The van der Waals surface area contributed by atoms with Gasteiger partial charge in [0.1, 0.15) is 23.4 Å². The minimum Gasteiger partial charge on any atom is -0.457 e. The maximum Gasteiger partial charge on any atom is 0.265 e. The molecule has 0 fully saturated rings. The lowest BCUT2D eigenvalue weighted by Crippen LogP contribution is -2.53. The van der Waals surface area contributed by atoms with E-state index >= 15 is 0 Å². The van der Waals surface area contributed by atoms with Crippen LogP contribution in [0.1, 0.15) is 5.56 Å². The SMILES string of the molecule is N[N+]12C=CN=CC1=C(C1=CC=C1)N=C2c1ccc(Oc2cccc(Cl)c2)cc1. The number of halogens is 1. The van der Waals surface area contributed by atoms with Gasteiger partial charge in [-0.2, -0.15) is 10.8 Å². The Labute approximate surface area is 167 Å². The molecule has 1 atom stereocenters. The van der Waals surface area contributed by atoms with Crippen LogP contribution in [0.25, 0.3) is 0 Å². The molecule has 2 aromatic rings. The molecule has 3 aliphatic rings. The number of ether oxygens (including phenoxy) is 1. The molecule has 0 radical (unpaired) electrons. The fraction of sp³-hybridized carbons (Fsp3) is 0. The van der Waals surface area contributed by atoms with Gasteiger partial charge < -0.3 is 4.74 Å². The van der Waals surface area contributed by atoms with Crippen LogP contribution < -0.4 is 10.6 Å². The van der Waals surface area contributed by atoms with Crippen LogP contribution in [-0.2, 0) is 0 Å². The molecular formula is C22H16ClN4O+. The van der Waals surface area contributed by atoms with Crippen molar-refractivity contribution in [1.29, 1.82) is 0 Å². The summed E-state index contributed by atoms with van der Waals surface area (Å²) in [5, 5.41) is 0.632. The van der Waals surface area contributed by atoms with E-state index in [2.05, 4.69) is 4.99 Å². The highest BCUT2D eigenvalue weighted by Gasteiger charge is 2.44. The van der Waals surface area contributed by atoms with E-state index in [1.54, 1.807) is 18.5 Å². The first-order chi connectivity index (χ1) is 13.6. The zero-order valence-corrected chi connectivity index (χ0v) is 15.5. The first-order valence-electron chi connectivity index (χ1n) is 8.78. The van der Waals surface area contributed by atoms with Crippen molar-refractivity contribution in [2.75, 3.05) is 0 Å². The molecule has 0 bridgehead atoms. The lowest BCUT2D eigenvalue weighted by molar-refractivity contribution is -0.750. The summed E-state index contributed by atoms with van der Waals surface area (Å²) in [7, 11) is 0. The highest BCUT2D eigenvalue weighted by atomic mass is 35.5. The van der Waals surface area contributed by atoms with Gasteiger partial charge in [0.05, 0.1) is 18.0 Å². The smallest absolute Gasteiger partial charge is 0.265 e. The van der Waals surface area contributed by atoms with Crippen molar-refractivity contribution < 1.29 is 9.33 Å².